The van der Waals surface area contributed by atoms with Crippen LogP contribution < -0.4 is 10.1 Å². The highest BCUT2D eigenvalue weighted by Gasteiger charge is 2.13. The number of halogens is 1. The Morgan fingerprint density at radius 1 is 1.62 bits per heavy atom. The van der Waals surface area contributed by atoms with E-state index in [2.05, 4.69) is 5.32 Å². The first-order chi connectivity index (χ1) is 7.60. The summed E-state index contributed by atoms with van der Waals surface area (Å²) >= 11 is 5.96. The van der Waals surface area contributed by atoms with E-state index in [0.29, 0.717) is 22.0 Å². The number of benzene rings is 1. The molecule has 0 heterocycles. The monoisotopic (exact) mass is 238 g/mol. The highest BCUT2D eigenvalue weighted by molar-refractivity contribution is 6.32. The molecule has 0 aliphatic heterocycles. The first kappa shape index (κ1) is 12.3. The highest BCUT2D eigenvalue weighted by atomic mass is 35.5. The minimum absolute atomic E-state index is 0.117. The number of methoxy groups -OCH3 is 1. The molecule has 0 saturated carbocycles. The van der Waals surface area contributed by atoms with Gasteiger partial charge < -0.3 is 10.1 Å². The normalized spacial score (nSPS) is 9.38. The third-order valence-corrected chi connectivity index (χ3v) is 2.35. The van der Waals surface area contributed by atoms with Crippen LogP contribution in [-0.2, 0) is 11.2 Å². The van der Waals surface area contributed by atoms with E-state index in [1.165, 1.54) is 14.0 Å². The van der Waals surface area contributed by atoms with Crippen molar-refractivity contribution in [1.29, 1.82) is 5.26 Å². The zero-order valence-electron chi connectivity index (χ0n) is 9.00. The zero-order valence-corrected chi connectivity index (χ0v) is 9.76. The first-order valence-electron chi connectivity index (χ1n) is 4.60. The van der Waals surface area contributed by atoms with E-state index >= 15 is 0 Å². The van der Waals surface area contributed by atoms with Crippen LogP contribution in [0, 0.1) is 11.3 Å². The van der Waals surface area contributed by atoms with E-state index in [0.717, 1.165) is 0 Å². The van der Waals surface area contributed by atoms with Gasteiger partial charge >= 0.3 is 0 Å². The van der Waals surface area contributed by atoms with Crippen molar-refractivity contribution in [2.24, 2.45) is 0 Å². The van der Waals surface area contributed by atoms with E-state index in [4.69, 9.17) is 21.6 Å². The molecule has 0 aliphatic rings. The molecule has 1 aromatic carbocycles. The number of anilines is 1. The standard InChI is InChI=1S/C11H11ClN2O2/c1-7(15)14-11-8(5-6-13)9(12)3-4-10(11)16-2/h3-4H,5H2,1-2H3,(H,14,15). The quantitative estimate of drug-likeness (QED) is 0.879. The largest absolute Gasteiger partial charge is 0.495 e. The Morgan fingerprint density at radius 3 is 2.81 bits per heavy atom. The molecule has 0 bridgehead atoms. The number of carbonyl (C=O) groups excluding carboxylic acids is 1. The molecule has 0 aromatic heterocycles. The van der Waals surface area contributed by atoms with Gasteiger partial charge in [-0.3, -0.25) is 4.79 Å². The Kier molecular flexibility index (Phi) is 4.15. The average Bonchev–Trinajstić information content (AvgIpc) is 2.23. The van der Waals surface area contributed by atoms with Crippen LogP contribution in [0.3, 0.4) is 0 Å². The number of nitriles is 1. The molecule has 1 aromatic rings. The van der Waals surface area contributed by atoms with Crippen LogP contribution in [0.5, 0.6) is 5.75 Å². The summed E-state index contributed by atoms with van der Waals surface area (Å²) in [6.45, 7) is 1.39. The number of nitrogens with zero attached hydrogens (tertiary/aromatic N) is 1. The van der Waals surface area contributed by atoms with Gasteiger partial charge in [0.05, 0.1) is 25.3 Å². The van der Waals surface area contributed by atoms with Gasteiger partial charge in [0.15, 0.2) is 0 Å². The third-order valence-electron chi connectivity index (χ3n) is 1.99. The number of nitrogens with one attached hydrogen (secondary N) is 1. The van der Waals surface area contributed by atoms with Crippen LogP contribution >= 0.6 is 11.6 Å². The van der Waals surface area contributed by atoms with Crippen molar-refractivity contribution >= 4 is 23.2 Å². The lowest BCUT2D eigenvalue weighted by Crippen LogP contribution is -2.10. The average molecular weight is 239 g/mol. The van der Waals surface area contributed by atoms with Crippen molar-refractivity contribution in [3.05, 3.63) is 22.7 Å². The first-order valence-corrected chi connectivity index (χ1v) is 4.97. The summed E-state index contributed by atoms with van der Waals surface area (Å²) < 4.78 is 5.11. The van der Waals surface area contributed by atoms with Gasteiger partial charge in [0.1, 0.15) is 5.75 Å². The lowest BCUT2D eigenvalue weighted by molar-refractivity contribution is -0.114. The van der Waals surface area contributed by atoms with Crippen LogP contribution in [0.1, 0.15) is 12.5 Å². The highest BCUT2D eigenvalue weighted by Crippen LogP contribution is 2.34. The molecule has 0 spiro atoms. The van der Waals surface area contributed by atoms with Crippen molar-refractivity contribution < 1.29 is 9.53 Å². The zero-order chi connectivity index (χ0) is 12.1. The second kappa shape index (κ2) is 5.38. The van der Waals surface area contributed by atoms with E-state index in [1.54, 1.807) is 12.1 Å². The number of ether oxygens (including phenoxy) is 1. The van der Waals surface area contributed by atoms with Crippen molar-refractivity contribution in [3.63, 3.8) is 0 Å². The molecule has 5 heteroatoms. The lowest BCUT2D eigenvalue weighted by atomic mass is 10.1. The predicted octanol–water partition coefficient (Wildman–Crippen LogP) is 2.37. The molecule has 0 radical (unpaired) electrons. The predicted molar refractivity (Wildman–Crippen MR) is 61.6 cm³/mol. The van der Waals surface area contributed by atoms with Gasteiger partial charge in [-0.05, 0) is 12.1 Å². The summed E-state index contributed by atoms with van der Waals surface area (Å²) in [7, 11) is 1.49. The maximum Gasteiger partial charge on any atom is 0.221 e. The van der Waals surface area contributed by atoms with Crippen molar-refractivity contribution in [2.75, 3.05) is 12.4 Å². The fourth-order valence-electron chi connectivity index (χ4n) is 1.34. The van der Waals surface area contributed by atoms with Crippen LogP contribution in [0.2, 0.25) is 5.02 Å². The van der Waals surface area contributed by atoms with Crippen LogP contribution in [0.25, 0.3) is 0 Å². The molecule has 0 saturated heterocycles. The van der Waals surface area contributed by atoms with Crippen molar-refractivity contribution in [3.8, 4) is 11.8 Å². The molecule has 4 nitrogen and oxygen atoms in total. The van der Waals surface area contributed by atoms with Gasteiger partial charge in [-0.1, -0.05) is 11.6 Å². The van der Waals surface area contributed by atoms with Crippen molar-refractivity contribution in [2.45, 2.75) is 13.3 Å². The molecule has 0 unspecified atom stereocenters. The van der Waals surface area contributed by atoms with Gasteiger partial charge in [0, 0.05) is 17.5 Å². The molecule has 0 aliphatic carbocycles. The van der Waals surface area contributed by atoms with Gasteiger partial charge in [-0.2, -0.15) is 5.26 Å². The minimum atomic E-state index is -0.236. The molecule has 1 rings (SSSR count). The Hall–Kier alpha value is -1.73. The third kappa shape index (κ3) is 2.65. The summed E-state index contributed by atoms with van der Waals surface area (Å²) in [6, 6.07) is 5.28. The molecule has 16 heavy (non-hydrogen) atoms. The second-order valence-corrected chi connectivity index (χ2v) is 3.53. The Morgan fingerprint density at radius 2 is 2.31 bits per heavy atom. The molecule has 1 N–H and O–H groups in total. The smallest absolute Gasteiger partial charge is 0.221 e. The van der Waals surface area contributed by atoms with Crippen LogP contribution in [-0.4, -0.2) is 13.0 Å². The van der Waals surface area contributed by atoms with Crippen LogP contribution in [0.15, 0.2) is 12.1 Å². The summed E-state index contributed by atoms with van der Waals surface area (Å²) in [4.78, 5) is 11.1. The Balaban J connectivity index is 3.30. The summed E-state index contributed by atoms with van der Waals surface area (Å²) in [6.07, 6.45) is 0.117. The molecule has 0 fully saturated rings. The van der Waals surface area contributed by atoms with Gasteiger partial charge in [-0.25, -0.2) is 0 Å². The SMILES string of the molecule is COc1ccc(Cl)c(CC#N)c1NC(C)=O. The molecule has 1 amide bonds. The second-order valence-electron chi connectivity index (χ2n) is 3.12. The maximum absolute atomic E-state index is 11.1. The van der Waals surface area contributed by atoms with E-state index < -0.39 is 0 Å². The number of hydrogen-bond donors (Lipinski definition) is 1. The number of rotatable bonds is 3. The Labute approximate surface area is 98.8 Å². The maximum atomic E-state index is 11.1. The van der Waals surface area contributed by atoms with E-state index in [9.17, 15) is 4.79 Å². The van der Waals surface area contributed by atoms with Crippen molar-refractivity contribution in [1.82, 2.24) is 0 Å². The Bertz CT molecular complexity index is 452. The molecule has 84 valence electrons. The van der Waals surface area contributed by atoms with Crippen LogP contribution in [0.4, 0.5) is 5.69 Å². The summed E-state index contributed by atoms with van der Waals surface area (Å²) in [5.74, 6) is 0.254. The topological polar surface area (TPSA) is 62.1 Å². The number of hydrogen-bond acceptors (Lipinski definition) is 3. The lowest BCUT2D eigenvalue weighted by Gasteiger charge is -2.13. The molecular formula is C11H11ClN2O2. The number of carbonyl (C=O) groups is 1. The van der Waals surface area contributed by atoms with Gasteiger partial charge in [0.25, 0.3) is 0 Å². The number of amides is 1. The van der Waals surface area contributed by atoms with E-state index in [1.807, 2.05) is 6.07 Å². The summed E-state index contributed by atoms with van der Waals surface area (Å²) in [5.41, 5.74) is 1.03. The fourth-order valence-corrected chi connectivity index (χ4v) is 1.56. The fraction of sp³-hybridized carbons (Fsp3) is 0.273. The molecule has 0 atom stereocenters. The van der Waals surface area contributed by atoms with E-state index in [-0.39, 0.29) is 12.3 Å². The molecular weight excluding hydrogens is 228 g/mol. The summed E-state index contributed by atoms with van der Waals surface area (Å²) in [5, 5.41) is 11.8. The minimum Gasteiger partial charge on any atom is -0.495 e. The van der Waals surface area contributed by atoms with Gasteiger partial charge in [-0.15, -0.1) is 0 Å². The van der Waals surface area contributed by atoms with Gasteiger partial charge in [0.2, 0.25) is 5.91 Å².